The van der Waals surface area contributed by atoms with Gasteiger partial charge in [0, 0.05) is 36.7 Å². The molecule has 10 nitrogen and oxygen atoms in total. The highest BCUT2D eigenvalue weighted by molar-refractivity contribution is 7.92. The van der Waals surface area contributed by atoms with Crippen LogP contribution in [0, 0.1) is 23.0 Å². The number of nitrogens with zero attached hydrogens (tertiary/aromatic N) is 3. The molecule has 0 bridgehead atoms. The third-order valence-corrected chi connectivity index (χ3v) is 7.95. The average Bonchev–Trinajstić information content (AvgIpc) is 2.93. The molecule has 0 heterocycles. The van der Waals surface area contributed by atoms with Crippen LogP contribution in [0.15, 0.2) is 72.8 Å². The van der Waals surface area contributed by atoms with Crippen LogP contribution in [-0.2, 0) is 32.6 Å². The Morgan fingerprint density at radius 1 is 1.00 bits per heavy atom. The molecule has 0 spiro atoms. The number of hydrogen-bond donors (Lipinski definition) is 1. The highest BCUT2D eigenvalue weighted by Gasteiger charge is 2.33. The predicted molar refractivity (Wildman–Crippen MR) is 164 cm³/mol. The number of non-ortho nitro benzene ring substituents is 1. The van der Waals surface area contributed by atoms with Crippen molar-refractivity contribution in [3.05, 3.63) is 105 Å². The zero-order valence-electron chi connectivity index (χ0n) is 24.0. The van der Waals surface area contributed by atoms with Gasteiger partial charge in [0.25, 0.3) is 5.69 Å². The Morgan fingerprint density at radius 3 is 2.21 bits per heavy atom. The molecule has 42 heavy (non-hydrogen) atoms. The molecular formula is C30H35ClN4O6S. The molecule has 224 valence electrons. The lowest BCUT2D eigenvalue weighted by Crippen LogP contribution is -2.53. The molecule has 1 N–H and O–H groups in total. The van der Waals surface area contributed by atoms with Crippen LogP contribution >= 0.6 is 11.6 Å². The van der Waals surface area contributed by atoms with E-state index < -0.39 is 33.4 Å². The number of sulfonamides is 1. The van der Waals surface area contributed by atoms with E-state index >= 15 is 0 Å². The van der Waals surface area contributed by atoms with Gasteiger partial charge in [0.15, 0.2) is 0 Å². The fraction of sp³-hybridized carbons (Fsp3) is 0.333. The zero-order chi connectivity index (χ0) is 31.0. The minimum atomic E-state index is -4.07. The average molecular weight is 615 g/mol. The predicted octanol–water partition coefficient (Wildman–Crippen LogP) is 4.73. The summed E-state index contributed by atoms with van der Waals surface area (Å²) in [5.41, 5.74) is 1.61. The fourth-order valence-corrected chi connectivity index (χ4v) is 5.36. The number of benzene rings is 3. The summed E-state index contributed by atoms with van der Waals surface area (Å²) in [5.74, 6) is -0.876. The summed E-state index contributed by atoms with van der Waals surface area (Å²) < 4.78 is 26.8. The first kappa shape index (κ1) is 32.6. The number of halogens is 1. The van der Waals surface area contributed by atoms with Gasteiger partial charge in [-0.15, -0.1) is 0 Å². The van der Waals surface area contributed by atoms with E-state index in [1.54, 1.807) is 31.2 Å². The van der Waals surface area contributed by atoms with Gasteiger partial charge in [0.2, 0.25) is 21.8 Å². The third kappa shape index (κ3) is 9.02. The van der Waals surface area contributed by atoms with Crippen molar-refractivity contribution in [2.24, 2.45) is 5.92 Å². The standard InChI is InChI=1S/C30H35ClN4O6S/c1-21(2)18-32-30(37)28(16-23-8-6-5-7-9-23)33(19-24-11-13-25(31)14-12-24)29(36)20-34(42(4,40)41)27-17-26(35(38)39)15-10-22(27)3/h5-15,17,21,28H,16,18-20H2,1-4H3,(H,32,37). The largest absolute Gasteiger partial charge is 0.354 e. The summed E-state index contributed by atoms with van der Waals surface area (Å²) in [7, 11) is -4.07. The molecule has 3 aromatic rings. The number of nitrogens with one attached hydrogen (secondary N) is 1. The smallest absolute Gasteiger partial charge is 0.271 e. The molecule has 0 saturated heterocycles. The summed E-state index contributed by atoms with van der Waals surface area (Å²) in [6.45, 7) is 5.22. The van der Waals surface area contributed by atoms with Crippen molar-refractivity contribution in [3.8, 4) is 0 Å². The summed E-state index contributed by atoms with van der Waals surface area (Å²) in [5, 5.41) is 14.9. The number of aryl methyl sites for hydroxylation is 1. The zero-order valence-corrected chi connectivity index (χ0v) is 25.6. The van der Waals surface area contributed by atoms with E-state index in [2.05, 4.69) is 5.32 Å². The summed E-state index contributed by atoms with van der Waals surface area (Å²) in [4.78, 5) is 39.9. The van der Waals surface area contributed by atoms with Gasteiger partial charge in [-0.3, -0.25) is 24.0 Å². The number of amides is 2. The third-order valence-electron chi connectivity index (χ3n) is 6.57. The van der Waals surface area contributed by atoms with Crippen molar-refractivity contribution in [1.82, 2.24) is 10.2 Å². The molecule has 0 aliphatic carbocycles. The second kappa shape index (κ2) is 14.3. The lowest BCUT2D eigenvalue weighted by atomic mass is 10.0. The van der Waals surface area contributed by atoms with Crippen LogP contribution in [0.4, 0.5) is 11.4 Å². The number of anilines is 1. The van der Waals surface area contributed by atoms with Gasteiger partial charge in [0.05, 0.1) is 16.9 Å². The van der Waals surface area contributed by atoms with E-state index in [1.807, 2.05) is 44.2 Å². The molecule has 2 amide bonds. The van der Waals surface area contributed by atoms with E-state index in [0.29, 0.717) is 22.7 Å². The molecule has 0 radical (unpaired) electrons. The maximum atomic E-state index is 14.1. The Balaban J connectivity index is 2.09. The first-order valence-electron chi connectivity index (χ1n) is 13.3. The van der Waals surface area contributed by atoms with Crippen molar-refractivity contribution in [2.45, 2.75) is 39.8 Å². The first-order chi connectivity index (χ1) is 19.8. The van der Waals surface area contributed by atoms with Crippen LogP contribution in [-0.4, -0.2) is 55.4 Å². The maximum absolute atomic E-state index is 14.1. The number of rotatable bonds is 13. The summed E-state index contributed by atoms with van der Waals surface area (Å²) in [6.07, 6.45) is 1.11. The van der Waals surface area contributed by atoms with E-state index in [9.17, 15) is 28.1 Å². The van der Waals surface area contributed by atoms with Crippen LogP contribution in [0.1, 0.15) is 30.5 Å². The van der Waals surface area contributed by atoms with E-state index in [0.717, 1.165) is 22.2 Å². The molecule has 0 saturated carbocycles. The lowest BCUT2D eigenvalue weighted by molar-refractivity contribution is -0.384. The summed E-state index contributed by atoms with van der Waals surface area (Å²) >= 11 is 6.07. The molecule has 12 heteroatoms. The second-order valence-corrected chi connectivity index (χ2v) is 12.8. The highest BCUT2D eigenvalue weighted by atomic mass is 35.5. The van der Waals surface area contributed by atoms with E-state index in [1.165, 1.54) is 17.0 Å². The quantitative estimate of drug-likeness (QED) is 0.219. The number of nitro benzene ring substituents is 1. The Kier molecular flexibility index (Phi) is 11.1. The van der Waals surface area contributed by atoms with Gasteiger partial charge in [-0.2, -0.15) is 0 Å². The number of carbonyl (C=O) groups is 2. The second-order valence-electron chi connectivity index (χ2n) is 10.5. The minimum absolute atomic E-state index is 0.00583. The first-order valence-corrected chi connectivity index (χ1v) is 15.6. The van der Waals surface area contributed by atoms with Gasteiger partial charge >= 0.3 is 0 Å². The van der Waals surface area contributed by atoms with Crippen LogP contribution in [0.3, 0.4) is 0 Å². The van der Waals surface area contributed by atoms with Crippen molar-refractivity contribution in [3.63, 3.8) is 0 Å². The Labute approximate surface area is 251 Å². The van der Waals surface area contributed by atoms with Crippen molar-refractivity contribution < 1.29 is 22.9 Å². The Hall–Kier alpha value is -3.96. The molecule has 3 aromatic carbocycles. The topological polar surface area (TPSA) is 130 Å². The molecule has 3 rings (SSSR count). The van der Waals surface area contributed by atoms with Crippen LogP contribution in [0.5, 0.6) is 0 Å². The van der Waals surface area contributed by atoms with Crippen LogP contribution in [0.2, 0.25) is 5.02 Å². The van der Waals surface area contributed by atoms with Gasteiger partial charge in [-0.25, -0.2) is 8.42 Å². The van der Waals surface area contributed by atoms with Crippen molar-refractivity contribution in [2.75, 3.05) is 23.7 Å². The van der Waals surface area contributed by atoms with Gasteiger partial charge < -0.3 is 10.2 Å². The highest BCUT2D eigenvalue weighted by Crippen LogP contribution is 2.28. The molecule has 1 unspecified atom stereocenters. The Bertz CT molecular complexity index is 1510. The molecular weight excluding hydrogens is 580 g/mol. The fourth-order valence-electron chi connectivity index (χ4n) is 4.34. The van der Waals surface area contributed by atoms with Crippen LogP contribution < -0.4 is 9.62 Å². The molecule has 0 aliphatic heterocycles. The molecule has 1 atom stereocenters. The van der Waals surface area contributed by atoms with E-state index in [-0.39, 0.29) is 36.2 Å². The number of carbonyl (C=O) groups excluding carboxylic acids is 2. The molecule has 0 fully saturated rings. The van der Waals surface area contributed by atoms with Gasteiger partial charge in [-0.1, -0.05) is 74.0 Å². The number of nitro groups is 1. The monoisotopic (exact) mass is 614 g/mol. The normalized spacial score (nSPS) is 12.0. The molecule has 0 aliphatic rings. The minimum Gasteiger partial charge on any atom is -0.354 e. The van der Waals surface area contributed by atoms with Crippen LogP contribution in [0.25, 0.3) is 0 Å². The lowest BCUT2D eigenvalue weighted by Gasteiger charge is -2.34. The van der Waals surface area contributed by atoms with Crippen molar-refractivity contribution >= 4 is 44.8 Å². The van der Waals surface area contributed by atoms with Gasteiger partial charge in [-0.05, 0) is 41.7 Å². The van der Waals surface area contributed by atoms with E-state index in [4.69, 9.17) is 11.6 Å². The SMILES string of the molecule is Cc1ccc([N+](=O)[O-])cc1N(CC(=O)N(Cc1ccc(Cl)cc1)C(Cc1ccccc1)C(=O)NCC(C)C)S(C)(=O)=O. The molecule has 0 aromatic heterocycles. The number of hydrogen-bond acceptors (Lipinski definition) is 6. The maximum Gasteiger partial charge on any atom is 0.271 e. The van der Waals surface area contributed by atoms with Gasteiger partial charge in [0.1, 0.15) is 12.6 Å². The summed E-state index contributed by atoms with van der Waals surface area (Å²) in [6, 6.07) is 18.8. The van der Waals surface area contributed by atoms with Crippen molar-refractivity contribution in [1.29, 1.82) is 0 Å². The Morgan fingerprint density at radius 2 is 1.64 bits per heavy atom.